The number of rotatable bonds is 13. The monoisotopic (exact) mass is 672 g/mol. The van der Waals surface area contributed by atoms with Crippen molar-refractivity contribution in [2.75, 3.05) is 0 Å². The molecule has 0 aliphatic heterocycles. The molecule has 0 bridgehead atoms. The highest BCUT2D eigenvalue weighted by Crippen LogP contribution is 2.45. The quantitative estimate of drug-likeness (QED) is 0.107. The van der Waals surface area contributed by atoms with Crippen molar-refractivity contribution in [3.8, 4) is 16.9 Å². The molecule has 1 aliphatic rings. The summed E-state index contributed by atoms with van der Waals surface area (Å²) in [6, 6.07) is 12.6. The minimum Gasteiger partial charge on any atom is -0.489 e. The van der Waals surface area contributed by atoms with Crippen LogP contribution in [-0.2, 0) is 22.4 Å². The van der Waals surface area contributed by atoms with Crippen molar-refractivity contribution in [1.29, 1.82) is 0 Å². The maximum Gasteiger partial charge on any atom is 0.398 e. The molecule has 10 heteroatoms. The average Bonchev–Trinajstić information content (AvgIpc) is 3.37. The van der Waals surface area contributed by atoms with Gasteiger partial charge in [-0.2, -0.15) is 13.2 Å². The van der Waals surface area contributed by atoms with Crippen LogP contribution in [0.25, 0.3) is 22.1 Å². The summed E-state index contributed by atoms with van der Waals surface area (Å²) in [5.74, 6) is -2.78. The molecule has 0 radical (unpaired) electrons. The van der Waals surface area contributed by atoms with Gasteiger partial charge in [0.05, 0.1) is 11.0 Å². The van der Waals surface area contributed by atoms with Gasteiger partial charge in [-0.15, -0.1) is 0 Å². The topological polar surface area (TPSA) is 118 Å². The Morgan fingerprint density at radius 2 is 1.60 bits per heavy atom. The van der Waals surface area contributed by atoms with Crippen LogP contribution in [0.2, 0.25) is 0 Å². The van der Waals surface area contributed by atoms with Crippen LogP contribution in [0.3, 0.4) is 0 Å². The van der Waals surface area contributed by atoms with E-state index < -0.39 is 52.4 Å². The highest BCUT2D eigenvalue weighted by Gasteiger charge is 2.57. The van der Waals surface area contributed by atoms with Crippen LogP contribution in [0.1, 0.15) is 98.1 Å². The Kier molecular flexibility index (Phi) is 11.1. The van der Waals surface area contributed by atoms with Crippen LogP contribution >= 0.6 is 0 Å². The maximum atomic E-state index is 14.5. The van der Waals surface area contributed by atoms with Crippen molar-refractivity contribution in [3.05, 3.63) is 64.0 Å². The molecule has 0 saturated heterocycles. The number of carbonyl (C=O) groups excluding carboxylic acids is 1. The first-order valence-electron chi connectivity index (χ1n) is 17.0. The van der Waals surface area contributed by atoms with Gasteiger partial charge in [0.25, 0.3) is 0 Å². The van der Waals surface area contributed by atoms with E-state index in [0.717, 1.165) is 43.2 Å². The average molecular weight is 673 g/mol. The Bertz CT molecular complexity index is 1650. The van der Waals surface area contributed by atoms with Gasteiger partial charge in [0.2, 0.25) is 0 Å². The number of fused-ring (bicyclic) bond motifs is 1. The van der Waals surface area contributed by atoms with E-state index in [0.29, 0.717) is 10.9 Å². The predicted octanol–water partition coefficient (Wildman–Crippen LogP) is 8.26. The number of hydrogen-bond acceptors (Lipinski definition) is 7. The summed E-state index contributed by atoms with van der Waals surface area (Å²) in [5, 5.41) is 0.614. The third-order valence-electron chi connectivity index (χ3n) is 9.76. The molecule has 48 heavy (non-hydrogen) atoms. The lowest BCUT2D eigenvalue weighted by Crippen LogP contribution is -2.59. The van der Waals surface area contributed by atoms with Gasteiger partial charge >= 0.3 is 17.8 Å². The zero-order chi connectivity index (χ0) is 35.7. The lowest BCUT2D eigenvalue weighted by Gasteiger charge is -2.43. The fourth-order valence-corrected chi connectivity index (χ4v) is 6.82. The zero-order valence-electron chi connectivity index (χ0n) is 29.3. The number of alkyl halides is 3. The van der Waals surface area contributed by atoms with Crippen LogP contribution in [0.5, 0.6) is 5.75 Å². The molecule has 4 rings (SSSR count). The lowest BCUT2D eigenvalue weighted by atomic mass is 9.67. The first-order valence-corrected chi connectivity index (χ1v) is 17.0. The first kappa shape index (κ1) is 37.4. The van der Waals surface area contributed by atoms with Gasteiger partial charge in [-0.3, -0.25) is 4.79 Å². The molecule has 0 amide bonds. The van der Waals surface area contributed by atoms with Crippen LogP contribution in [0.4, 0.5) is 13.2 Å². The Hall–Kier alpha value is -3.37. The molecule has 1 aliphatic carbocycles. The largest absolute Gasteiger partial charge is 0.489 e. The van der Waals surface area contributed by atoms with E-state index in [4.69, 9.17) is 25.4 Å². The maximum absolute atomic E-state index is 14.5. The third kappa shape index (κ3) is 8.43. The summed E-state index contributed by atoms with van der Waals surface area (Å²) >= 11 is 0. The minimum absolute atomic E-state index is 0.00238. The third-order valence-corrected chi connectivity index (χ3v) is 9.76. The normalized spacial score (nSPS) is 20.1. The molecule has 1 saturated carbocycles. The first-order chi connectivity index (χ1) is 22.3. The SMILES string of the molecule is CCCCCc1ccc(-c2cc3ccc(OC4CCC(OC(=O)C(C)(CC(C)(C)N)C(C)(C)N)C4C(F)(F)F)cc3oc2=O)c(CC)c1. The van der Waals surface area contributed by atoms with Gasteiger partial charge in [0.1, 0.15) is 29.5 Å². The molecule has 264 valence electrons. The second-order valence-electron chi connectivity index (χ2n) is 14.9. The number of benzene rings is 2. The fourth-order valence-electron chi connectivity index (χ4n) is 6.82. The van der Waals surface area contributed by atoms with Crippen molar-refractivity contribution in [2.45, 2.75) is 129 Å². The van der Waals surface area contributed by atoms with Gasteiger partial charge < -0.3 is 25.4 Å². The van der Waals surface area contributed by atoms with E-state index in [2.05, 4.69) is 13.0 Å². The second kappa shape index (κ2) is 14.2. The van der Waals surface area contributed by atoms with Crippen LogP contribution < -0.4 is 21.8 Å². The number of esters is 1. The van der Waals surface area contributed by atoms with E-state index >= 15 is 0 Å². The Morgan fingerprint density at radius 1 is 0.917 bits per heavy atom. The number of aryl methyl sites for hydroxylation is 2. The summed E-state index contributed by atoms with van der Waals surface area (Å²) in [6.07, 6.45) is -2.29. The van der Waals surface area contributed by atoms with Crippen LogP contribution in [0, 0.1) is 11.3 Å². The van der Waals surface area contributed by atoms with Gasteiger partial charge in [0.15, 0.2) is 0 Å². The van der Waals surface area contributed by atoms with E-state index in [9.17, 15) is 22.8 Å². The highest BCUT2D eigenvalue weighted by molar-refractivity contribution is 5.83. The smallest absolute Gasteiger partial charge is 0.398 e. The van der Waals surface area contributed by atoms with E-state index in [-0.39, 0.29) is 30.6 Å². The molecule has 4 atom stereocenters. The van der Waals surface area contributed by atoms with E-state index in [1.807, 2.05) is 19.1 Å². The number of carbonyl (C=O) groups is 1. The molecule has 3 aromatic rings. The summed E-state index contributed by atoms with van der Waals surface area (Å²) in [4.78, 5) is 26.7. The number of hydrogen-bond donors (Lipinski definition) is 2. The molecule has 1 aromatic heterocycles. The van der Waals surface area contributed by atoms with Crippen molar-refractivity contribution in [1.82, 2.24) is 0 Å². The van der Waals surface area contributed by atoms with Gasteiger partial charge in [-0.1, -0.05) is 44.9 Å². The molecule has 4 N–H and O–H groups in total. The van der Waals surface area contributed by atoms with Crippen molar-refractivity contribution in [3.63, 3.8) is 0 Å². The van der Waals surface area contributed by atoms with Gasteiger partial charge in [0, 0.05) is 22.5 Å². The van der Waals surface area contributed by atoms with Crippen molar-refractivity contribution < 1.29 is 31.9 Å². The zero-order valence-corrected chi connectivity index (χ0v) is 29.3. The minimum atomic E-state index is -4.71. The summed E-state index contributed by atoms with van der Waals surface area (Å²) in [5.41, 5.74) is 12.4. The van der Waals surface area contributed by atoms with Gasteiger partial charge in [-0.05, 0) is 108 Å². The predicted molar refractivity (Wildman–Crippen MR) is 183 cm³/mol. The number of nitrogens with two attached hydrogens (primary N) is 2. The van der Waals surface area contributed by atoms with Crippen LogP contribution in [0.15, 0.2) is 51.7 Å². The Labute approximate surface area is 281 Å². The highest BCUT2D eigenvalue weighted by atomic mass is 19.4. The molecule has 0 spiro atoms. The van der Waals surface area contributed by atoms with E-state index in [1.165, 1.54) is 11.6 Å². The Balaban J connectivity index is 1.57. The molecule has 1 fully saturated rings. The second-order valence-corrected chi connectivity index (χ2v) is 14.9. The van der Waals surface area contributed by atoms with Crippen LogP contribution in [-0.4, -0.2) is 35.4 Å². The standard InChI is InChI=1S/C38H51F3N2O5/c1-8-10-11-12-23-13-16-27(24(9-2)19-23)28-20-25-14-15-26(21-31(25)47-33(28)44)46-29-17-18-30(32(29)38(39,40)41)48-34(45)37(7,36(5,6)43)22-35(3,4)42/h13-16,19-21,29-30,32H,8-12,17-18,22,42-43H2,1-7H3. The summed E-state index contributed by atoms with van der Waals surface area (Å²) in [7, 11) is 0. The molecular weight excluding hydrogens is 621 g/mol. The Morgan fingerprint density at radius 3 is 2.21 bits per heavy atom. The molecule has 4 unspecified atom stereocenters. The molecule has 1 heterocycles. The summed E-state index contributed by atoms with van der Waals surface area (Å²) < 4.78 is 60.7. The number of ether oxygens (including phenoxy) is 2. The number of halogens is 3. The van der Waals surface area contributed by atoms with Gasteiger partial charge in [-0.25, -0.2) is 4.79 Å². The lowest BCUT2D eigenvalue weighted by molar-refractivity contribution is -0.219. The van der Waals surface area contributed by atoms with Crippen molar-refractivity contribution >= 4 is 16.9 Å². The van der Waals surface area contributed by atoms with Crippen molar-refractivity contribution in [2.24, 2.45) is 22.8 Å². The number of unbranched alkanes of at least 4 members (excludes halogenated alkanes) is 2. The van der Waals surface area contributed by atoms with E-state index in [1.54, 1.807) is 52.8 Å². The molecule has 7 nitrogen and oxygen atoms in total. The summed E-state index contributed by atoms with van der Waals surface area (Å²) in [6.45, 7) is 12.5. The molecular formula is C38H51F3N2O5. The fraction of sp³-hybridized carbons (Fsp3) is 0.579. The molecule has 2 aromatic carbocycles.